The van der Waals surface area contributed by atoms with Crippen molar-refractivity contribution in [1.82, 2.24) is 15.8 Å². The van der Waals surface area contributed by atoms with Crippen LogP contribution >= 0.6 is 0 Å². The fourth-order valence-corrected chi connectivity index (χ4v) is 3.43. The number of alkyl carbamates (subject to hydrolysis) is 1. The van der Waals surface area contributed by atoms with Gasteiger partial charge < -0.3 is 10.1 Å². The number of carbonyl (C=O) groups is 5. The molecule has 0 saturated heterocycles. The first kappa shape index (κ1) is 28.8. The van der Waals surface area contributed by atoms with Crippen LogP contribution in [0, 0.1) is 17.8 Å². The van der Waals surface area contributed by atoms with E-state index >= 15 is 0 Å². The van der Waals surface area contributed by atoms with E-state index in [-0.39, 0.29) is 30.6 Å². The van der Waals surface area contributed by atoms with E-state index in [4.69, 9.17) is 4.74 Å². The van der Waals surface area contributed by atoms with Gasteiger partial charge in [-0.05, 0) is 30.2 Å². The number of hydrogen-bond acceptors (Lipinski definition) is 6. The third kappa shape index (κ3) is 10.6. The number of hydrazine groups is 1. The molecule has 2 atom stereocenters. The van der Waals surface area contributed by atoms with Crippen LogP contribution in [0.4, 0.5) is 4.79 Å². The molecule has 1 rings (SSSR count). The summed E-state index contributed by atoms with van der Waals surface area (Å²) in [7, 11) is 1.28. The number of ketones is 2. The molecule has 0 aliphatic carbocycles. The molecule has 0 aliphatic heterocycles. The van der Waals surface area contributed by atoms with Crippen molar-refractivity contribution < 1.29 is 28.7 Å². The Morgan fingerprint density at radius 1 is 0.941 bits per heavy atom. The van der Waals surface area contributed by atoms with Crippen LogP contribution in [0.1, 0.15) is 59.4 Å². The quantitative estimate of drug-likeness (QED) is 0.354. The zero-order valence-electron chi connectivity index (χ0n) is 20.9. The number of Topliss-reactive ketones (excluding diaryl/α,β-unsaturated/α-hetero) is 2. The minimum Gasteiger partial charge on any atom is -0.445 e. The zero-order valence-corrected chi connectivity index (χ0v) is 20.9. The van der Waals surface area contributed by atoms with E-state index in [0.717, 1.165) is 17.5 Å². The van der Waals surface area contributed by atoms with Gasteiger partial charge in [0.25, 0.3) is 0 Å². The van der Waals surface area contributed by atoms with E-state index in [1.54, 1.807) is 0 Å². The van der Waals surface area contributed by atoms with Crippen LogP contribution in [0.3, 0.4) is 0 Å². The predicted molar refractivity (Wildman–Crippen MR) is 127 cm³/mol. The molecule has 9 heteroatoms. The number of amides is 3. The van der Waals surface area contributed by atoms with Crippen LogP contribution in [0.25, 0.3) is 0 Å². The Kier molecular flexibility index (Phi) is 12.0. The van der Waals surface area contributed by atoms with Crippen LogP contribution in [-0.2, 0) is 30.5 Å². The average Bonchev–Trinajstić information content (AvgIpc) is 2.76. The summed E-state index contributed by atoms with van der Waals surface area (Å²) in [4.78, 5) is 61.4. The molecule has 0 aromatic heterocycles. The van der Waals surface area contributed by atoms with Crippen LogP contribution in [-0.4, -0.2) is 47.6 Å². The van der Waals surface area contributed by atoms with E-state index in [1.807, 2.05) is 58.0 Å². The van der Waals surface area contributed by atoms with E-state index < -0.39 is 35.7 Å². The highest BCUT2D eigenvalue weighted by Crippen LogP contribution is 2.19. The molecular formula is C25H37N3O6. The smallest absolute Gasteiger partial charge is 0.408 e. The lowest BCUT2D eigenvalue weighted by Crippen LogP contribution is -2.49. The standard InChI is InChI=1S/C25H37N3O6/c1-16(2)12-20(23(31)27-28(6)24(32)18(5)29)14-22(30)21(13-17(3)4)26-25(33)34-15-19-10-8-7-9-11-19/h7-11,16-17,20-21H,12-15H2,1-6H3,(H,26,33)(H,27,31)/t20-,21+/m1/s1. The molecule has 2 N–H and O–H groups in total. The summed E-state index contributed by atoms with van der Waals surface area (Å²) in [5.41, 5.74) is 3.21. The molecule has 188 valence electrons. The Labute approximate surface area is 201 Å². The first-order valence-electron chi connectivity index (χ1n) is 11.5. The van der Waals surface area contributed by atoms with Crippen molar-refractivity contribution >= 4 is 29.5 Å². The highest BCUT2D eigenvalue weighted by atomic mass is 16.5. The van der Waals surface area contributed by atoms with Crippen molar-refractivity contribution in [3.63, 3.8) is 0 Å². The first-order chi connectivity index (χ1) is 15.9. The van der Waals surface area contributed by atoms with Crippen molar-refractivity contribution in [3.05, 3.63) is 35.9 Å². The summed E-state index contributed by atoms with van der Waals surface area (Å²) < 4.78 is 5.25. The third-order valence-corrected chi connectivity index (χ3v) is 5.06. The van der Waals surface area contributed by atoms with Crippen LogP contribution in [0.2, 0.25) is 0 Å². The maximum Gasteiger partial charge on any atom is 0.408 e. The Morgan fingerprint density at radius 3 is 2.06 bits per heavy atom. The SMILES string of the molecule is CC(=O)C(=O)N(C)NC(=O)[C@@H](CC(=O)[C@H](CC(C)C)NC(=O)OCc1ccccc1)CC(C)C. The Morgan fingerprint density at radius 2 is 1.53 bits per heavy atom. The van der Waals surface area contributed by atoms with Crippen molar-refractivity contribution in [2.24, 2.45) is 17.8 Å². The number of benzene rings is 1. The summed E-state index contributed by atoms with van der Waals surface area (Å²) in [5, 5.41) is 3.46. The summed E-state index contributed by atoms with van der Waals surface area (Å²) >= 11 is 0. The number of hydrogen-bond donors (Lipinski definition) is 2. The number of ether oxygens (including phenoxy) is 1. The Bertz CT molecular complexity index is 853. The molecule has 0 fully saturated rings. The van der Waals surface area contributed by atoms with Gasteiger partial charge in [0.2, 0.25) is 11.7 Å². The minimum atomic E-state index is -0.858. The van der Waals surface area contributed by atoms with E-state index in [9.17, 15) is 24.0 Å². The van der Waals surface area contributed by atoms with Crippen molar-refractivity contribution in [2.45, 2.75) is 66.5 Å². The largest absolute Gasteiger partial charge is 0.445 e. The second-order valence-electron chi connectivity index (χ2n) is 9.28. The molecule has 1 aromatic carbocycles. The molecule has 0 heterocycles. The van der Waals surface area contributed by atoms with E-state index in [2.05, 4.69) is 10.7 Å². The molecule has 0 unspecified atom stereocenters. The predicted octanol–water partition coefficient (Wildman–Crippen LogP) is 3.03. The Hall–Kier alpha value is -3.23. The molecule has 0 radical (unpaired) electrons. The average molecular weight is 476 g/mol. The highest BCUT2D eigenvalue weighted by Gasteiger charge is 2.30. The molecule has 0 aliphatic rings. The number of nitrogens with one attached hydrogen (secondary N) is 2. The van der Waals surface area contributed by atoms with Crippen molar-refractivity contribution in [2.75, 3.05) is 7.05 Å². The number of nitrogens with zero attached hydrogens (tertiary/aromatic N) is 1. The summed E-state index contributed by atoms with van der Waals surface area (Å²) in [6.07, 6.45) is -0.0491. The molecule has 9 nitrogen and oxygen atoms in total. The molecule has 0 spiro atoms. The molecule has 34 heavy (non-hydrogen) atoms. The molecule has 0 saturated carbocycles. The van der Waals surface area contributed by atoms with Gasteiger partial charge >= 0.3 is 12.0 Å². The van der Waals surface area contributed by atoms with Gasteiger partial charge in [-0.3, -0.25) is 29.6 Å². The monoisotopic (exact) mass is 475 g/mol. The lowest BCUT2D eigenvalue weighted by atomic mass is 9.88. The molecule has 0 bridgehead atoms. The number of rotatable bonds is 12. The van der Waals surface area contributed by atoms with Gasteiger partial charge in [-0.2, -0.15) is 0 Å². The van der Waals surface area contributed by atoms with Gasteiger partial charge in [0.05, 0.1) is 6.04 Å². The Balaban J connectivity index is 2.85. The number of likely N-dealkylation sites (N-methyl/N-ethyl adjacent to an activating group) is 1. The highest BCUT2D eigenvalue weighted by molar-refractivity contribution is 6.35. The third-order valence-electron chi connectivity index (χ3n) is 5.06. The van der Waals surface area contributed by atoms with Gasteiger partial charge in [0, 0.05) is 26.3 Å². The van der Waals surface area contributed by atoms with Crippen molar-refractivity contribution in [3.8, 4) is 0 Å². The van der Waals surface area contributed by atoms with Gasteiger partial charge in [-0.1, -0.05) is 58.0 Å². The minimum absolute atomic E-state index is 0.0736. The number of carbonyl (C=O) groups excluding carboxylic acids is 5. The summed E-state index contributed by atoms with van der Waals surface area (Å²) in [5.74, 6) is -2.92. The fraction of sp³-hybridized carbons (Fsp3) is 0.560. The first-order valence-corrected chi connectivity index (χ1v) is 11.5. The van der Waals surface area contributed by atoms with Crippen LogP contribution < -0.4 is 10.7 Å². The second kappa shape index (κ2) is 14.1. The summed E-state index contributed by atoms with van der Waals surface area (Å²) in [6.45, 7) is 8.87. The van der Waals surface area contributed by atoms with Gasteiger partial charge in [-0.25, -0.2) is 4.79 Å². The van der Waals surface area contributed by atoms with Gasteiger partial charge in [-0.15, -0.1) is 0 Å². The van der Waals surface area contributed by atoms with E-state index in [0.29, 0.717) is 12.8 Å². The van der Waals surface area contributed by atoms with Crippen LogP contribution in [0.5, 0.6) is 0 Å². The molecular weight excluding hydrogens is 438 g/mol. The zero-order chi connectivity index (χ0) is 25.8. The second-order valence-corrected chi connectivity index (χ2v) is 9.28. The molecule has 1 aromatic rings. The maximum absolute atomic E-state index is 13.1. The summed E-state index contributed by atoms with van der Waals surface area (Å²) in [6, 6.07) is 8.37. The maximum atomic E-state index is 13.1. The van der Waals surface area contributed by atoms with E-state index in [1.165, 1.54) is 7.05 Å². The topological polar surface area (TPSA) is 122 Å². The fourth-order valence-electron chi connectivity index (χ4n) is 3.43. The van der Waals surface area contributed by atoms with Crippen LogP contribution in [0.15, 0.2) is 30.3 Å². The normalized spacial score (nSPS) is 12.6. The van der Waals surface area contributed by atoms with Gasteiger partial charge in [0.1, 0.15) is 6.61 Å². The lowest BCUT2D eigenvalue weighted by Gasteiger charge is -2.25. The lowest BCUT2D eigenvalue weighted by molar-refractivity contribution is -0.148. The molecule has 3 amide bonds. The van der Waals surface area contributed by atoms with Crippen molar-refractivity contribution in [1.29, 1.82) is 0 Å². The van der Waals surface area contributed by atoms with Gasteiger partial charge in [0.15, 0.2) is 5.78 Å².